The van der Waals surface area contributed by atoms with Crippen molar-refractivity contribution in [1.29, 1.82) is 0 Å². The Kier molecular flexibility index (Phi) is 7.40. The highest BCUT2D eigenvalue weighted by molar-refractivity contribution is 8.00. The molecule has 4 rings (SSSR count). The predicted molar refractivity (Wildman–Crippen MR) is 132 cm³/mol. The molecule has 2 amide bonds. The molecule has 33 heavy (non-hydrogen) atoms. The lowest BCUT2D eigenvalue weighted by atomic mass is 10.1. The number of nitrogens with zero attached hydrogens (tertiary/aromatic N) is 2. The Morgan fingerprint density at radius 2 is 1.76 bits per heavy atom. The molecule has 2 heterocycles. The number of thioether (sulfide) groups is 1. The van der Waals surface area contributed by atoms with Crippen molar-refractivity contribution >= 4 is 34.5 Å². The lowest BCUT2D eigenvalue weighted by molar-refractivity contribution is -0.143. The maximum Gasteiger partial charge on any atom is 0.242 e. The highest BCUT2D eigenvalue weighted by Gasteiger charge is 2.26. The van der Waals surface area contributed by atoms with E-state index < -0.39 is 0 Å². The lowest BCUT2D eigenvalue weighted by Gasteiger charge is -2.35. The first kappa shape index (κ1) is 23.4. The second kappa shape index (κ2) is 10.4. The zero-order chi connectivity index (χ0) is 23.4. The number of amides is 2. The van der Waals surface area contributed by atoms with Gasteiger partial charge in [0.1, 0.15) is 6.54 Å². The van der Waals surface area contributed by atoms with Crippen LogP contribution < -0.4 is 5.32 Å². The summed E-state index contributed by atoms with van der Waals surface area (Å²) in [6, 6.07) is 16.2. The quantitative estimate of drug-likeness (QED) is 0.536. The van der Waals surface area contributed by atoms with Crippen LogP contribution in [0.15, 0.2) is 59.6 Å². The highest BCUT2D eigenvalue weighted by atomic mass is 32.2. The van der Waals surface area contributed by atoms with Gasteiger partial charge in [0.15, 0.2) is 0 Å². The number of hydrogen-bond donors (Lipinski definition) is 1. The summed E-state index contributed by atoms with van der Waals surface area (Å²) in [5.74, 6) is 0.404. The van der Waals surface area contributed by atoms with Gasteiger partial charge in [-0.3, -0.25) is 9.59 Å². The van der Waals surface area contributed by atoms with Crippen LogP contribution in [0.5, 0.6) is 0 Å². The molecule has 0 radical (unpaired) electrons. The van der Waals surface area contributed by atoms with Crippen molar-refractivity contribution in [1.82, 2.24) is 14.8 Å². The SMILES string of the molecule is Cc1ccc(CNC(=O)CSc2cn(CC(=O)N3CC(C)OC(C)C3)c3ccccc23)cc1. The Bertz CT molecular complexity index is 1120. The third-order valence-electron chi connectivity index (χ3n) is 5.80. The van der Waals surface area contributed by atoms with Crippen molar-refractivity contribution in [3.63, 3.8) is 0 Å². The number of para-hydroxylation sites is 1. The summed E-state index contributed by atoms with van der Waals surface area (Å²) in [6.07, 6.45) is 2.08. The van der Waals surface area contributed by atoms with Crippen LogP contribution in [-0.2, 0) is 27.4 Å². The average Bonchev–Trinajstić information content (AvgIpc) is 3.14. The highest BCUT2D eigenvalue weighted by Crippen LogP contribution is 2.30. The molecule has 1 aromatic heterocycles. The second-order valence-corrected chi connectivity index (χ2v) is 9.76. The van der Waals surface area contributed by atoms with Crippen LogP contribution in [0.1, 0.15) is 25.0 Å². The minimum atomic E-state index is -0.00947. The Labute approximate surface area is 199 Å². The number of benzene rings is 2. The van der Waals surface area contributed by atoms with E-state index in [0.29, 0.717) is 25.4 Å². The Balaban J connectivity index is 1.39. The molecule has 3 aromatic rings. The molecule has 6 nitrogen and oxygen atoms in total. The molecule has 2 aromatic carbocycles. The van der Waals surface area contributed by atoms with Gasteiger partial charge in [-0.25, -0.2) is 0 Å². The first-order valence-electron chi connectivity index (χ1n) is 11.3. The third kappa shape index (κ3) is 5.97. The molecule has 0 saturated carbocycles. The first-order valence-corrected chi connectivity index (χ1v) is 12.3. The van der Waals surface area contributed by atoms with E-state index in [9.17, 15) is 9.59 Å². The van der Waals surface area contributed by atoms with E-state index in [1.165, 1.54) is 17.3 Å². The Morgan fingerprint density at radius 1 is 1.06 bits per heavy atom. The summed E-state index contributed by atoms with van der Waals surface area (Å²) >= 11 is 1.50. The number of aryl methyl sites for hydroxylation is 1. The predicted octanol–water partition coefficient (Wildman–Crippen LogP) is 3.99. The summed E-state index contributed by atoms with van der Waals surface area (Å²) in [6.45, 7) is 8.08. The van der Waals surface area contributed by atoms with Crippen LogP contribution in [0, 0.1) is 6.92 Å². The van der Waals surface area contributed by atoms with Crippen molar-refractivity contribution in [2.45, 2.75) is 51.0 Å². The molecule has 7 heteroatoms. The zero-order valence-corrected chi connectivity index (χ0v) is 20.2. The molecule has 1 N–H and O–H groups in total. The smallest absolute Gasteiger partial charge is 0.242 e. The van der Waals surface area contributed by atoms with Gasteiger partial charge in [-0.1, -0.05) is 48.0 Å². The Morgan fingerprint density at radius 3 is 2.48 bits per heavy atom. The van der Waals surface area contributed by atoms with E-state index in [1.807, 2.05) is 85.0 Å². The van der Waals surface area contributed by atoms with Gasteiger partial charge >= 0.3 is 0 Å². The summed E-state index contributed by atoms with van der Waals surface area (Å²) in [4.78, 5) is 28.3. The summed E-state index contributed by atoms with van der Waals surface area (Å²) in [5.41, 5.74) is 3.29. The number of nitrogens with one attached hydrogen (secondary N) is 1. The van der Waals surface area contributed by atoms with Gasteiger partial charge < -0.3 is 19.5 Å². The van der Waals surface area contributed by atoms with Crippen LogP contribution in [0.2, 0.25) is 0 Å². The number of carbonyl (C=O) groups excluding carboxylic acids is 2. The number of fused-ring (bicyclic) bond motifs is 1. The van der Waals surface area contributed by atoms with Crippen LogP contribution >= 0.6 is 11.8 Å². The summed E-state index contributed by atoms with van der Waals surface area (Å²) < 4.78 is 7.75. The van der Waals surface area contributed by atoms with E-state index in [-0.39, 0.29) is 30.6 Å². The summed E-state index contributed by atoms with van der Waals surface area (Å²) in [7, 11) is 0. The van der Waals surface area contributed by atoms with Gasteiger partial charge in [-0.2, -0.15) is 0 Å². The zero-order valence-electron chi connectivity index (χ0n) is 19.4. The molecule has 1 saturated heterocycles. The normalized spacial score (nSPS) is 18.5. The van der Waals surface area contributed by atoms with Gasteiger partial charge in [0, 0.05) is 41.6 Å². The number of morpholine rings is 1. The number of carbonyl (C=O) groups is 2. The van der Waals surface area contributed by atoms with Crippen LogP contribution in [0.3, 0.4) is 0 Å². The maximum absolute atomic E-state index is 13.0. The fourth-order valence-corrected chi connectivity index (χ4v) is 5.11. The van der Waals surface area contributed by atoms with E-state index in [4.69, 9.17) is 4.74 Å². The van der Waals surface area contributed by atoms with Gasteiger partial charge in [-0.05, 0) is 32.4 Å². The molecule has 0 aliphatic carbocycles. The molecular weight excluding hydrogens is 434 g/mol. The fourth-order valence-electron chi connectivity index (χ4n) is 4.19. The monoisotopic (exact) mass is 465 g/mol. The molecule has 0 spiro atoms. The Hall–Kier alpha value is -2.77. The van der Waals surface area contributed by atoms with E-state index in [1.54, 1.807) is 0 Å². The maximum atomic E-state index is 13.0. The molecule has 0 bridgehead atoms. The molecule has 1 fully saturated rings. The first-order chi connectivity index (χ1) is 15.9. The second-order valence-electron chi connectivity index (χ2n) is 8.75. The lowest BCUT2D eigenvalue weighted by Crippen LogP contribution is -2.49. The van der Waals surface area contributed by atoms with E-state index >= 15 is 0 Å². The largest absolute Gasteiger partial charge is 0.372 e. The molecule has 174 valence electrons. The van der Waals surface area contributed by atoms with Crippen molar-refractivity contribution < 1.29 is 14.3 Å². The minimum absolute atomic E-state index is 0.00947. The minimum Gasteiger partial charge on any atom is -0.372 e. The topological polar surface area (TPSA) is 63.6 Å². The average molecular weight is 466 g/mol. The molecule has 1 aliphatic heterocycles. The number of ether oxygens (including phenoxy) is 1. The van der Waals surface area contributed by atoms with Crippen LogP contribution in [0.25, 0.3) is 10.9 Å². The standard InChI is InChI=1S/C26H31N3O3S/c1-18-8-10-21(11-9-18)12-27-25(30)17-33-24-15-28(23-7-5-4-6-22(23)24)16-26(31)29-13-19(2)32-20(3)14-29/h4-11,15,19-20H,12-14,16-17H2,1-3H3,(H,27,30). The third-order valence-corrected chi connectivity index (χ3v) is 6.84. The van der Waals surface area contributed by atoms with Crippen LogP contribution in [0.4, 0.5) is 0 Å². The van der Waals surface area contributed by atoms with Gasteiger partial charge in [0.25, 0.3) is 0 Å². The fraction of sp³-hybridized carbons (Fsp3) is 0.385. The molecule has 1 aliphatic rings. The van der Waals surface area contributed by atoms with Crippen molar-refractivity contribution in [3.05, 3.63) is 65.9 Å². The number of hydrogen-bond acceptors (Lipinski definition) is 4. The van der Waals surface area contributed by atoms with Crippen molar-refractivity contribution in [3.8, 4) is 0 Å². The van der Waals surface area contributed by atoms with Crippen LogP contribution in [-0.4, -0.2) is 52.3 Å². The number of rotatable bonds is 7. The molecule has 2 atom stereocenters. The van der Waals surface area contributed by atoms with E-state index in [2.05, 4.69) is 5.32 Å². The van der Waals surface area contributed by atoms with Gasteiger partial charge in [-0.15, -0.1) is 11.8 Å². The number of aromatic nitrogens is 1. The summed E-state index contributed by atoms with van der Waals surface area (Å²) in [5, 5.41) is 4.05. The van der Waals surface area contributed by atoms with Crippen molar-refractivity contribution in [2.24, 2.45) is 0 Å². The van der Waals surface area contributed by atoms with E-state index in [0.717, 1.165) is 21.4 Å². The van der Waals surface area contributed by atoms with Crippen molar-refractivity contribution in [2.75, 3.05) is 18.8 Å². The van der Waals surface area contributed by atoms with Gasteiger partial charge in [0.05, 0.1) is 18.0 Å². The molecular formula is C26H31N3O3S. The molecule has 2 unspecified atom stereocenters. The van der Waals surface area contributed by atoms with Gasteiger partial charge in [0.2, 0.25) is 11.8 Å².